The summed E-state index contributed by atoms with van der Waals surface area (Å²) in [7, 11) is 3.45. The number of carbonyl (C=O) groups excluding carboxylic acids is 2. The Morgan fingerprint density at radius 3 is 2.45 bits per heavy atom. The Kier molecular flexibility index (Phi) is 7.55. The average Bonchev–Trinajstić information content (AvgIpc) is 3.81. The molecule has 40 heavy (non-hydrogen) atoms. The molecule has 4 aliphatic rings. The van der Waals surface area contributed by atoms with Crippen LogP contribution in [0.25, 0.3) is 0 Å². The number of aromatic nitrogens is 2. The van der Waals surface area contributed by atoms with Crippen molar-refractivity contribution in [2.45, 2.75) is 95.6 Å². The summed E-state index contributed by atoms with van der Waals surface area (Å²) in [6.07, 6.45) is 16.5. The third-order valence-corrected chi connectivity index (χ3v) is 9.38. The van der Waals surface area contributed by atoms with Crippen LogP contribution in [0.4, 0.5) is 23.1 Å². The molecule has 9 nitrogen and oxygen atoms in total. The molecule has 2 heterocycles. The van der Waals surface area contributed by atoms with Crippen molar-refractivity contribution in [2.24, 2.45) is 5.41 Å². The first-order chi connectivity index (χ1) is 19.5. The van der Waals surface area contributed by atoms with Crippen LogP contribution in [0, 0.1) is 5.41 Å². The topological polar surface area (TPSA) is 99.7 Å². The van der Waals surface area contributed by atoms with Crippen molar-refractivity contribution in [3.63, 3.8) is 0 Å². The van der Waals surface area contributed by atoms with E-state index in [0.717, 1.165) is 56.6 Å². The maximum Gasteiger partial charge on any atom is 0.251 e. The third kappa shape index (κ3) is 5.34. The molecule has 3 saturated carbocycles. The van der Waals surface area contributed by atoms with Gasteiger partial charge in [0.1, 0.15) is 11.4 Å². The van der Waals surface area contributed by atoms with Crippen molar-refractivity contribution in [2.75, 3.05) is 35.8 Å². The van der Waals surface area contributed by atoms with Crippen LogP contribution in [-0.4, -0.2) is 54.6 Å². The molecule has 1 aromatic carbocycles. The summed E-state index contributed by atoms with van der Waals surface area (Å²) in [6, 6.07) is 6.06. The second-order valence-electron chi connectivity index (χ2n) is 12.2. The number of ether oxygens (including phenoxy) is 1. The van der Waals surface area contributed by atoms with E-state index in [9.17, 15) is 9.59 Å². The van der Waals surface area contributed by atoms with Gasteiger partial charge in [-0.25, -0.2) is 4.98 Å². The monoisotopic (exact) mass is 550 g/mol. The molecule has 0 saturated heterocycles. The first-order valence-corrected chi connectivity index (χ1v) is 15.2. The summed E-state index contributed by atoms with van der Waals surface area (Å²) in [6.45, 7) is 0.721. The summed E-state index contributed by atoms with van der Waals surface area (Å²) < 4.78 is 5.67. The summed E-state index contributed by atoms with van der Waals surface area (Å²) in [4.78, 5) is 40.2. The van der Waals surface area contributed by atoms with Crippen molar-refractivity contribution in [1.29, 1.82) is 0 Å². The van der Waals surface area contributed by atoms with Crippen LogP contribution in [0.15, 0.2) is 24.4 Å². The SMILES string of the molecule is COc1cc(C(=O)NC2CCCCCC2)ccc1Nc1ncc2c(n1)N(C1CCCCC1)CC1(CC1)C(=O)N2C.[HH].[HH]. The van der Waals surface area contributed by atoms with Gasteiger partial charge in [0.2, 0.25) is 11.9 Å². The highest BCUT2D eigenvalue weighted by atomic mass is 16.5. The fourth-order valence-electron chi connectivity index (χ4n) is 6.77. The molecule has 218 valence electrons. The van der Waals surface area contributed by atoms with Crippen LogP contribution in [0.1, 0.15) is 96.7 Å². The van der Waals surface area contributed by atoms with Gasteiger partial charge in [0.25, 0.3) is 5.91 Å². The van der Waals surface area contributed by atoms with E-state index in [4.69, 9.17) is 9.72 Å². The fraction of sp³-hybridized carbons (Fsp3) is 0.613. The van der Waals surface area contributed by atoms with E-state index in [1.807, 2.05) is 19.2 Å². The van der Waals surface area contributed by atoms with Gasteiger partial charge in [-0.05, 0) is 56.7 Å². The predicted octanol–water partition coefficient (Wildman–Crippen LogP) is 6.07. The van der Waals surface area contributed by atoms with Crippen molar-refractivity contribution in [3.05, 3.63) is 30.0 Å². The van der Waals surface area contributed by atoms with Gasteiger partial charge in [0, 0.05) is 34.1 Å². The minimum Gasteiger partial charge on any atom is -0.495 e. The molecule has 6 rings (SSSR count). The van der Waals surface area contributed by atoms with E-state index in [-0.39, 0.29) is 26.1 Å². The molecule has 2 aromatic rings. The molecule has 1 aromatic heterocycles. The lowest BCUT2D eigenvalue weighted by Gasteiger charge is -2.36. The van der Waals surface area contributed by atoms with E-state index in [1.165, 1.54) is 44.9 Å². The van der Waals surface area contributed by atoms with Gasteiger partial charge in [-0.15, -0.1) is 0 Å². The molecule has 9 heteroatoms. The summed E-state index contributed by atoms with van der Waals surface area (Å²) in [5.74, 6) is 1.93. The number of anilines is 4. The van der Waals surface area contributed by atoms with Crippen LogP contribution in [0.2, 0.25) is 0 Å². The number of hydrogen-bond donors (Lipinski definition) is 2. The molecule has 3 aliphatic carbocycles. The minimum absolute atomic E-state index is 0. The third-order valence-electron chi connectivity index (χ3n) is 9.38. The lowest BCUT2D eigenvalue weighted by molar-refractivity contribution is -0.123. The van der Waals surface area contributed by atoms with Crippen LogP contribution < -0.4 is 25.2 Å². The normalized spacial score (nSPS) is 21.4. The molecule has 2 amide bonds. The highest BCUT2D eigenvalue weighted by Gasteiger charge is 2.55. The Bertz CT molecular complexity index is 1260. The van der Waals surface area contributed by atoms with Crippen molar-refractivity contribution < 1.29 is 17.2 Å². The first-order valence-electron chi connectivity index (χ1n) is 15.2. The number of methoxy groups -OCH3 is 1. The second kappa shape index (κ2) is 11.3. The van der Waals surface area contributed by atoms with Gasteiger partial charge in [-0.2, -0.15) is 4.98 Å². The number of rotatable bonds is 6. The summed E-state index contributed by atoms with van der Waals surface area (Å²) in [5.41, 5.74) is 1.74. The highest BCUT2D eigenvalue weighted by molar-refractivity contribution is 6.03. The number of amides is 2. The molecule has 0 bridgehead atoms. The quantitative estimate of drug-likeness (QED) is 0.421. The van der Waals surface area contributed by atoms with Gasteiger partial charge >= 0.3 is 0 Å². The zero-order valence-electron chi connectivity index (χ0n) is 23.9. The van der Waals surface area contributed by atoms with Gasteiger partial charge in [-0.3, -0.25) is 9.59 Å². The lowest BCUT2D eigenvalue weighted by atomic mass is 9.93. The van der Waals surface area contributed by atoms with E-state index < -0.39 is 0 Å². The van der Waals surface area contributed by atoms with E-state index in [0.29, 0.717) is 29.0 Å². The molecule has 1 spiro atoms. The van der Waals surface area contributed by atoms with Crippen LogP contribution in [-0.2, 0) is 4.79 Å². The van der Waals surface area contributed by atoms with Gasteiger partial charge in [0.05, 0.1) is 24.4 Å². The molecular weight excluding hydrogens is 504 g/mol. The largest absolute Gasteiger partial charge is 0.495 e. The lowest BCUT2D eigenvalue weighted by Crippen LogP contribution is -2.43. The molecule has 3 fully saturated rings. The van der Waals surface area contributed by atoms with E-state index in [1.54, 1.807) is 24.3 Å². The van der Waals surface area contributed by atoms with Crippen LogP contribution in [0.5, 0.6) is 5.75 Å². The second-order valence-corrected chi connectivity index (χ2v) is 12.2. The maximum absolute atomic E-state index is 13.4. The Morgan fingerprint density at radius 1 is 1.05 bits per heavy atom. The van der Waals surface area contributed by atoms with Gasteiger partial charge in [-0.1, -0.05) is 44.9 Å². The first kappa shape index (κ1) is 26.8. The average molecular weight is 551 g/mol. The number of fused-ring (bicyclic) bond motifs is 1. The Labute approximate surface area is 240 Å². The highest BCUT2D eigenvalue weighted by Crippen LogP contribution is 2.52. The van der Waals surface area contributed by atoms with Crippen LogP contribution >= 0.6 is 0 Å². The standard InChI is InChI=1S/C31H42N6O3.2H2/c1-36-25-19-32-30(35-27(25)37(23-12-8-5-9-13-23)20-31(16-17-31)29(36)39)34-24-15-14-21(18-26(24)40-2)28(38)33-22-10-6-3-4-7-11-22;;/h14-15,18-19,22-23H,3-13,16-17,20H2,1-2H3,(H,33,38)(H,32,34,35);2*1H. The maximum atomic E-state index is 13.4. The Hall–Kier alpha value is -3.36. The Balaban J connectivity index is 0.00000202. The molecule has 0 atom stereocenters. The van der Waals surface area contributed by atoms with Crippen molar-refractivity contribution in [1.82, 2.24) is 15.3 Å². The van der Waals surface area contributed by atoms with E-state index >= 15 is 0 Å². The predicted molar refractivity (Wildman–Crippen MR) is 161 cm³/mol. The molecular formula is C31H46N6O3. The minimum atomic E-state index is -0.295. The number of nitrogens with one attached hydrogen (secondary N) is 2. The molecule has 0 unspecified atom stereocenters. The Morgan fingerprint density at radius 2 is 1.75 bits per heavy atom. The smallest absolute Gasteiger partial charge is 0.251 e. The van der Waals surface area contributed by atoms with Gasteiger partial charge in [0.15, 0.2) is 5.82 Å². The molecule has 2 N–H and O–H groups in total. The summed E-state index contributed by atoms with van der Waals surface area (Å²) in [5, 5.41) is 6.54. The number of benzene rings is 1. The number of carbonyl (C=O) groups is 2. The van der Waals surface area contributed by atoms with Crippen molar-refractivity contribution in [3.8, 4) is 5.75 Å². The summed E-state index contributed by atoms with van der Waals surface area (Å²) >= 11 is 0. The van der Waals surface area contributed by atoms with Crippen LogP contribution in [0.3, 0.4) is 0 Å². The number of hydrogen-bond acceptors (Lipinski definition) is 7. The van der Waals surface area contributed by atoms with E-state index in [2.05, 4.69) is 20.5 Å². The number of nitrogens with zero attached hydrogens (tertiary/aromatic N) is 4. The molecule has 1 aliphatic heterocycles. The van der Waals surface area contributed by atoms with Gasteiger partial charge < -0.3 is 25.2 Å². The fourth-order valence-corrected chi connectivity index (χ4v) is 6.77. The van der Waals surface area contributed by atoms with Crippen molar-refractivity contribution >= 4 is 35.0 Å². The zero-order valence-corrected chi connectivity index (χ0v) is 23.9. The zero-order chi connectivity index (χ0) is 27.7. The molecule has 0 radical (unpaired) electrons.